The van der Waals surface area contributed by atoms with Crippen molar-refractivity contribution in [3.63, 3.8) is 0 Å². The van der Waals surface area contributed by atoms with Crippen LogP contribution in [0, 0.1) is 0 Å². The maximum absolute atomic E-state index is 13.4. The Balaban J connectivity index is 1.73. The number of likely N-dealkylation sites (N-methyl/N-ethyl adjacent to an activating group) is 1. The Morgan fingerprint density at radius 2 is 1.78 bits per heavy atom. The van der Waals surface area contributed by atoms with Crippen LogP contribution in [-0.2, 0) is 15.2 Å². The molecule has 8 heteroatoms. The highest BCUT2D eigenvalue weighted by Crippen LogP contribution is 2.54. The van der Waals surface area contributed by atoms with Crippen LogP contribution in [0.1, 0.15) is 41.7 Å². The topological polar surface area (TPSA) is 89.7 Å². The van der Waals surface area contributed by atoms with Crippen molar-refractivity contribution >= 4 is 49.5 Å². The molecule has 5 heterocycles. The monoisotopic (exact) mass is 482 g/mol. The van der Waals surface area contributed by atoms with Gasteiger partial charge in [-0.3, -0.25) is 4.79 Å². The number of rotatable bonds is 2. The zero-order chi connectivity index (χ0) is 24.5. The van der Waals surface area contributed by atoms with Gasteiger partial charge in [-0.15, -0.1) is 0 Å². The summed E-state index contributed by atoms with van der Waals surface area (Å²) in [5.41, 5.74) is 4.25. The molecule has 0 radical (unpaired) electrons. The van der Waals surface area contributed by atoms with Crippen molar-refractivity contribution in [2.45, 2.75) is 43.7 Å². The molecule has 0 aliphatic carbocycles. The van der Waals surface area contributed by atoms with Gasteiger partial charge in [0.15, 0.2) is 12.0 Å². The van der Waals surface area contributed by atoms with Crippen molar-refractivity contribution in [2.75, 3.05) is 14.2 Å². The smallest absolute Gasteiger partial charge is 0.254 e. The van der Waals surface area contributed by atoms with Crippen LogP contribution in [0.4, 0.5) is 0 Å². The minimum atomic E-state index is -1.09. The number of aromatic nitrogens is 2. The van der Waals surface area contributed by atoms with Crippen LogP contribution in [-0.4, -0.2) is 46.5 Å². The van der Waals surface area contributed by atoms with Gasteiger partial charge in [-0.1, -0.05) is 36.4 Å². The third-order valence-corrected chi connectivity index (χ3v) is 8.65. The number of carbonyl (C=O) groups excluding carboxylic acids is 1. The molecular formula is C28H26N4O4. The first-order valence-electron chi connectivity index (χ1n) is 12.4. The first-order valence-corrected chi connectivity index (χ1v) is 12.4. The van der Waals surface area contributed by atoms with Crippen LogP contribution in [0.5, 0.6) is 0 Å². The van der Waals surface area contributed by atoms with E-state index in [4.69, 9.17) is 9.47 Å². The van der Waals surface area contributed by atoms with E-state index in [0.717, 1.165) is 43.6 Å². The molecule has 8 rings (SSSR count). The van der Waals surface area contributed by atoms with Crippen LogP contribution in [0.2, 0.25) is 0 Å². The highest BCUT2D eigenvalue weighted by Gasteiger charge is 2.53. The average molecular weight is 483 g/mol. The van der Waals surface area contributed by atoms with Crippen molar-refractivity contribution in [1.29, 1.82) is 0 Å². The number of carbonyl (C=O) groups is 1. The van der Waals surface area contributed by atoms with Gasteiger partial charge in [0, 0.05) is 46.7 Å². The van der Waals surface area contributed by atoms with Gasteiger partial charge in [-0.2, -0.15) is 0 Å². The number of hydrogen-bond donors (Lipinski definition) is 3. The van der Waals surface area contributed by atoms with Crippen LogP contribution < -0.4 is 10.6 Å². The van der Waals surface area contributed by atoms with Gasteiger partial charge in [0.1, 0.15) is 12.3 Å². The molecule has 0 spiro atoms. The lowest BCUT2D eigenvalue weighted by atomic mass is 9.93. The number of methoxy groups -OCH3 is 1. The molecule has 8 nitrogen and oxygen atoms in total. The molecule has 1 saturated heterocycles. The first kappa shape index (κ1) is 20.7. The molecule has 182 valence electrons. The Kier molecular flexibility index (Phi) is 3.83. The summed E-state index contributed by atoms with van der Waals surface area (Å²) in [7, 11) is 3.70. The van der Waals surface area contributed by atoms with Crippen molar-refractivity contribution in [3.05, 3.63) is 59.7 Å². The number of amides is 1. The van der Waals surface area contributed by atoms with E-state index in [1.165, 1.54) is 0 Å². The number of hydrogen-bond acceptors (Lipinski definition) is 5. The summed E-state index contributed by atoms with van der Waals surface area (Å²) in [6, 6.07) is 16.4. The van der Waals surface area contributed by atoms with Crippen molar-refractivity contribution < 1.29 is 19.4 Å². The molecule has 3 N–H and O–H groups in total. The normalized spacial score (nSPS) is 28.9. The molecule has 3 aromatic carbocycles. The number of nitrogens with zero attached hydrogens (tertiary/aromatic N) is 2. The van der Waals surface area contributed by atoms with Crippen LogP contribution >= 0.6 is 0 Å². The molecule has 1 fully saturated rings. The van der Waals surface area contributed by atoms with Gasteiger partial charge < -0.3 is 34.3 Å². The second-order valence-electron chi connectivity index (χ2n) is 10.3. The van der Waals surface area contributed by atoms with E-state index in [1.54, 1.807) is 7.11 Å². The van der Waals surface area contributed by atoms with Gasteiger partial charge in [-0.25, -0.2) is 0 Å². The van der Waals surface area contributed by atoms with Gasteiger partial charge in [-0.05, 0) is 26.1 Å². The SMILES string of the molecule is CN[C@@H]1C[C@@H]2OC(C)([C@@H]1OC)n1c3ccccc3c3c4c(c5c6ccccc6n2c5c31)C(=O)N[C@@H]4O. The summed E-state index contributed by atoms with van der Waals surface area (Å²) in [5, 5.41) is 21.1. The number of aliphatic hydroxyl groups is 1. The van der Waals surface area contributed by atoms with E-state index >= 15 is 0 Å². The number of aliphatic hydroxyl groups excluding tert-OH is 1. The van der Waals surface area contributed by atoms with Gasteiger partial charge in [0.25, 0.3) is 5.91 Å². The maximum Gasteiger partial charge on any atom is 0.254 e. The molecule has 2 bridgehead atoms. The van der Waals surface area contributed by atoms with E-state index in [-0.39, 0.29) is 24.3 Å². The largest absolute Gasteiger partial charge is 0.375 e. The number of benzene rings is 3. The summed E-state index contributed by atoms with van der Waals surface area (Å²) in [6.07, 6.45) is -0.941. The molecule has 5 atom stereocenters. The first-order chi connectivity index (χ1) is 17.5. The van der Waals surface area contributed by atoms with Crippen molar-refractivity contribution in [3.8, 4) is 0 Å². The Morgan fingerprint density at radius 3 is 2.50 bits per heavy atom. The predicted octanol–water partition coefficient (Wildman–Crippen LogP) is 3.84. The zero-order valence-corrected chi connectivity index (χ0v) is 20.2. The lowest BCUT2D eigenvalue weighted by Gasteiger charge is -2.48. The standard InChI is InChI=1S/C28H26N4O4/c1-28-25(35-3)15(29-2)12-18(36-28)31-16-10-6-4-8-13(16)19-21-22(27(34)30-26(21)33)20-14-9-5-7-11-17(14)32(28)24(20)23(19)31/h4-11,15,18,25,27,29,34H,12H2,1-3H3,(H,30,33)/t15-,18+,25-,27-,28?/m1/s1. The molecule has 2 aromatic heterocycles. The summed E-state index contributed by atoms with van der Waals surface area (Å²) < 4.78 is 17.7. The molecular weight excluding hydrogens is 456 g/mol. The van der Waals surface area contributed by atoms with E-state index in [2.05, 4.69) is 51.0 Å². The maximum atomic E-state index is 13.4. The Morgan fingerprint density at radius 1 is 1.08 bits per heavy atom. The highest BCUT2D eigenvalue weighted by molar-refractivity contribution is 6.31. The second kappa shape index (κ2) is 6.66. The van der Waals surface area contributed by atoms with Gasteiger partial charge in [0.05, 0.1) is 27.6 Å². The van der Waals surface area contributed by atoms with E-state index < -0.39 is 12.0 Å². The molecule has 3 aliphatic heterocycles. The molecule has 1 amide bonds. The Labute approximate surface area is 206 Å². The molecule has 1 unspecified atom stereocenters. The van der Waals surface area contributed by atoms with Crippen LogP contribution in [0.3, 0.4) is 0 Å². The highest BCUT2D eigenvalue weighted by atomic mass is 16.6. The zero-order valence-electron chi connectivity index (χ0n) is 20.2. The Bertz CT molecular complexity index is 1790. The third kappa shape index (κ3) is 2.15. The number of fused-ring (bicyclic) bond motifs is 13. The van der Waals surface area contributed by atoms with Crippen LogP contribution in [0.25, 0.3) is 43.6 Å². The fraction of sp³-hybridized carbons (Fsp3) is 0.321. The minimum Gasteiger partial charge on any atom is -0.375 e. The summed E-state index contributed by atoms with van der Waals surface area (Å²) in [6.45, 7) is 2.09. The predicted molar refractivity (Wildman–Crippen MR) is 137 cm³/mol. The van der Waals surface area contributed by atoms with Crippen LogP contribution in [0.15, 0.2) is 48.5 Å². The summed E-state index contributed by atoms with van der Waals surface area (Å²) >= 11 is 0. The fourth-order valence-corrected chi connectivity index (χ4v) is 7.38. The molecule has 36 heavy (non-hydrogen) atoms. The fourth-order valence-electron chi connectivity index (χ4n) is 7.38. The third-order valence-electron chi connectivity index (χ3n) is 8.65. The minimum absolute atomic E-state index is 0.0289. The number of nitrogens with one attached hydrogen (secondary N) is 2. The quantitative estimate of drug-likeness (QED) is 0.356. The van der Waals surface area contributed by atoms with E-state index in [1.807, 2.05) is 31.3 Å². The summed E-state index contributed by atoms with van der Waals surface area (Å²) in [5.74, 6) is -0.249. The summed E-state index contributed by atoms with van der Waals surface area (Å²) in [4.78, 5) is 13.4. The number of para-hydroxylation sites is 2. The average Bonchev–Trinajstić information content (AvgIpc) is 3.48. The molecule has 0 saturated carbocycles. The molecule has 5 aromatic rings. The second-order valence-corrected chi connectivity index (χ2v) is 10.3. The lowest BCUT2D eigenvalue weighted by Crippen LogP contribution is -2.59. The van der Waals surface area contributed by atoms with E-state index in [0.29, 0.717) is 17.5 Å². The van der Waals surface area contributed by atoms with Crippen molar-refractivity contribution in [2.24, 2.45) is 0 Å². The van der Waals surface area contributed by atoms with Gasteiger partial charge >= 0.3 is 0 Å². The van der Waals surface area contributed by atoms with E-state index in [9.17, 15) is 9.90 Å². The lowest BCUT2D eigenvalue weighted by molar-refractivity contribution is -0.256. The number of ether oxygens (including phenoxy) is 2. The van der Waals surface area contributed by atoms with Gasteiger partial charge in [0.2, 0.25) is 0 Å². The van der Waals surface area contributed by atoms with Crippen molar-refractivity contribution in [1.82, 2.24) is 19.8 Å². The molecule has 3 aliphatic rings. The Hall–Kier alpha value is -3.43.